The number of amides is 1. The Balaban J connectivity index is 4.44. The Kier molecular flexibility index (Phi) is 6.30. The van der Waals surface area contributed by atoms with Gasteiger partial charge in [-0.05, 0) is 17.3 Å². The first-order chi connectivity index (χ1) is 7.98. The lowest BCUT2D eigenvalue weighted by atomic mass is 9.83. The van der Waals surface area contributed by atoms with Crippen LogP contribution in [0.2, 0.25) is 0 Å². The Morgan fingerprint density at radius 2 is 1.67 bits per heavy atom. The molecule has 0 saturated heterocycles. The molecule has 4 heteroatoms. The van der Waals surface area contributed by atoms with E-state index in [-0.39, 0.29) is 35.4 Å². The van der Waals surface area contributed by atoms with Crippen molar-refractivity contribution in [2.45, 2.75) is 66.5 Å². The number of hydrogen-bond acceptors (Lipinski definition) is 3. The van der Waals surface area contributed by atoms with Gasteiger partial charge in [-0.3, -0.25) is 4.79 Å². The van der Waals surface area contributed by atoms with Gasteiger partial charge in [0.25, 0.3) is 0 Å². The van der Waals surface area contributed by atoms with Crippen LogP contribution in [0, 0.1) is 10.8 Å². The molecule has 0 aliphatic carbocycles. The van der Waals surface area contributed by atoms with E-state index in [1.807, 2.05) is 20.8 Å². The van der Waals surface area contributed by atoms with Crippen molar-refractivity contribution in [1.82, 2.24) is 5.32 Å². The Hall–Kier alpha value is -0.610. The van der Waals surface area contributed by atoms with Gasteiger partial charge >= 0.3 is 0 Å². The van der Waals surface area contributed by atoms with Gasteiger partial charge in [0.05, 0.1) is 0 Å². The largest absolute Gasteiger partial charge is 0.396 e. The highest BCUT2D eigenvalue weighted by Crippen LogP contribution is 2.23. The minimum Gasteiger partial charge on any atom is -0.396 e. The standard InChI is InChI=1S/C14H30N2O2/c1-13(2,3)10(15)9-12(18)16-11(7-8-17)14(4,5)6/h10-11,17H,7-9,15H2,1-6H3,(H,16,18). The summed E-state index contributed by atoms with van der Waals surface area (Å²) in [5.74, 6) is -0.0363. The molecule has 0 bridgehead atoms. The topological polar surface area (TPSA) is 75.4 Å². The molecule has 0 aromatic carbocycles. The average molecular weight is 258 g/mol. The van der Waals surface area contributed by atoms with Crippen molar-refractivity contribution in [3.8, 4) is 0 Å². The predicted molar refractivity (Wildman–Crippen MR) is 75.1 cm³/mol. The van der Waals surface area contributed by atoms with Crippen molar-refractivity contribution >= 4 is 5.91 Å². The van der Waals surface area contributed by atoms with Crippen LogP contribution in [0.3, 0.4) is 0 Å². The molecule has 2 unspecified atom stereocenters. The molecule has 4 nitrogen and oxygen atoms in total. The zero-order valence-electron chi connectivity index (χ0n) is 12.7. The van der Waals surface area contributed by atoms with E-state index >= 15 is 0 Å². The molecule has 0 saturated carbocycles. The SMILES string of the molecule is CC(C)(C)C(N)CC(=O)NC(CCO)C(C)(C)C. The summed E-state index contributed by atoms with van der Waals surface area (Å²) in [6, 6.07) is -0.186. The molecule has 1 amide bonds. The van der Waals surface area contributed by atoms with Gasteiger partial charge in [0.15, 0.2) is 0 Å². The number of aliphatic hydroxyl groups excluding tert-OH is 1. The van der Waals surface area contributed by atoms with Gasteiger partial charge in [0.1, 0.15) is 0 Å². The third kappa shape index (κ3) is 6.36. The Morgan fingerprint density at radius 1 is 1.17 bits per heavy atom. The average Bonchev–Trinajstić information content (AvgIpc) is 2.13. The fraction of sp³-hybridized carbons (Fsp3) is 0.929. The number of nitrogens with one attached hydrogen (secondary N) is 1. The van der Waals surface area contributed by atoms with Crippen molar-refractivity contribution in [3.63, 3.8) is 0 Å². The minimum atomic E-state index is -0.160. The van der Waals surface area contributed by atoms with Crippen LogP contribution >= 0.6 is 0 Å². The van der Waals surface area contributed by atoms with E-state index in [0.29, 0.717) is 12.8 Å². The Morgan fingerprint density at radius 3 is 2.00 bits per heavy atom. The molecular formula is C14H30N2O2. The van der Waals surface area contributed by atoms with E-state index in [0.717, 1.165) is 0 Å². The lowest BCUT2D eigenvalue weighted by Gasteiger charge is -2.32. The molecule has 18 heavy (non-hydrogen) atoms. The molecule has 2 atom stereocenters. The summed E-state index contributed by atoms with van der Waals surface area (Å²) in [7, 11) is 0. The first kappa shape index (κ1) is 17.4. The second-order valence-electron chi connectivity index (χ2n) is 7.18. The zero-order chi connectivity index (χ0) is 14.6. The van der Waals surface area contributed by atoms with Crippen LogP contribution in [0.25, 0.3) is 0 Å². The summed E-state index contributed by atoms with van der Waals surface area (Å²) in [5.41, 5.74) is 5.86. The molecule has 0 aromatic rings. The molecule has 4 N–H and O–H groups in total. The molecule has 0 fully saturated rings. The molecule has 0 radical (unpaired) electrons. The smallest absolute Gasteiger partial charge is 0.221 e. The number of nitrogens with two attached hydrogens (primary N) is 1. The van der Waals surface area contributed by atoms with Crippen molar-refractivity contribution in [2.75, 3.05) is 6.61 Å². The van der Waals surface area contributed by atoms with Gasteiger partial charge in [-0.15, -0.1) is 0 Å². The molecule has 0 rings (SSSR count). The zero-order valence-corrected chi connectivity index (χ0v) is 12.7. The van der Waals surface area contributed by atoms with E-state index in [4.69, 9.17) is 10.8 Å². The molecule has 0 aromatic heterocycles. The summed E-state index contributed by atoms with van der Waals surface area (Å²) < 4.78 is 0. The fourth-order valence-electron chi connectivity index (χ4n) is 1.61. The normalized spacial score (nSPS) is 16.2. The second kappa shape index (κ2) is 6.53. The maximum absolute atomic E-state index is 12.0. The van der Waals surface area contributed by atoms with Crippen LogP contribution in [-0.4, -0.2) is 29.7 Å². The molecular weight excluding hydrogens is 228 g/mol. The van der Waals surface area contributed by atoms with Gasteiger partial charge in [-0.2, -0.15) is 0 Å². The van der Waals surface area contributed by atoms with E-state index in [1.165, 1.54) is 0 Å². The third-order valence-corrected chi connectivity index (χ3v) is 3.32. The van der Waals surface area contributed by atoms with Crippen molar-refractivity contribution in [1.29, 1.82) is 0 Å². The molecule has 0 aliphatic rings. The van der Waals surface area contributed by atoms with Crippen molar-refractivity contribution < 1.29 is 9.90 Å². The van der Waals surface area contributed by atoms with Gasteiger partial charge in [-0.1, -0.05) is 41.5 Å². The Bertz CT molecular complexity index is 264. The van der Waals surface area contributed by atoms with Gasteiger partial charge in [-0.25, -0.2) is 0 Å². The summed E-state index contributed by atoms with van der Waals surface area (Å²) in [4.78, 5) is 12.0. The van der Waals surface area contributed by atoms with Crippen LogP contribution in [0.15, 0.2) is 0 Å². The van der Waals surface area contributed by atoms with Crippen LogP contribution in [0.1, 0.15) is 54.4 Å². The number of carbonyl (C=O) groups is 1. The van der Waals surface area contributed by atoms with E-state index < -0.39 is 0 Å². The second-order valence-corrected chi connectivity index (χ2v) is 7.18. The number of carbonyl (C=O) groups excluding carboxylic acids is 1. The summed E-state index contributed by atoms with van der Waals surface area (Å²) in [6.45, 7) is 12.3. The van der Waals surface area contributed by atoms with E-state index in [9.17, 15) is 4.79 Å². The van der Waals surface area contributed by atoms with Crippen molar-refractivity contribution in [2.24, 2.45) is 16.6 Å². The van der Waals surface area contributed by atoms with Crippen LogP contribution < -0.4 is 11.1 Å². The lowest BCUT2D eigenvalue weighted by Crippen LogP contribution is -2.47. The lowest BCUT2D eigenvalue weighted by molar-refractivity contribution is -0.123. The molecule has 108 valence electrons. The van der Waals surface area contributed by atoms with Gasteiger partial charge in [0.2, 0.25) is 5.91 Å². The maximum atomic E-state index is 12.0. The number of rotatable bonds is 5. The highest BCUT2D eigenvalue weighted by Gasteiger charge is 2.28. The monoisotopic (exact) mass is 258 g/mol. The highest BCUT2D eigenvalue weighted by molar-refractivity contribution is 5.77. The van der Waals surface area contributed by atoms with Crippen molar-refractivity contribution in [3.05, 3.63) is 0 Å². The number of aliphatic hydroxyl groups is 1. The summed E-state index contributed by atoms with van der Waals surface area (Å²) in [5, 5.41) is 12.0. The van der Waals surface area contributed by atoms with Gasteiger partial charge < -0.3 is 16.2 Å². The van der Waals surface area contributed by atoms with E-state index in [2.05, 4.69) is 26.1 Å². The molecule has 0 aliphatic heterocycles. The fourth-order valence-corrected chi connectivity index (χ4v) is 1.61. The maximum Gasteiger partial charge on any atom is 0.221 e. The van der Waals surface area contributed by atoms with Crippen LogP contribution in [0.5, 0.6) is 0 Å². The van der Waals surface area contributed by atoms with Crippen LogP contribution in [0.4, 0.5) is 0 Å². The van der Waals surface area contributed by atoms with E-state index in [1.54, 1.807) is 0 Å². The minimum absolute atomic E-state index is 0.0258. The molecule has 0 heterocycles. The quantitative estimate of drug-likeness (QED) is 0.702. The first-order valence-electron chi connectivity index (χ1n) is 6.64. The highest BCUT2D eigenvalue weighted by atomic mass is 16.3. The molecule has 0 spiro atoms. The van der Waals surface area contributed by atoms with Gasteiger partial charge in [0, 0.05) is 25.1 Å². The summed E-state index contributed by atoms with van der Waals surface area (Å²) >= 11 is 0. The third-order valence-electron chi connectivity index (χ3n) is 3.32. The first-order valence-corrected chi connectivity index (χ1v) is 6.64. The Labute approximate surface area is 111 Å². The predicted octanol–water partition coefficient (Wildman–Crippen LogP) is 1.66. The van der Waals surface area contributed by atoms with Crippen LogP contribution in [-0.2, 0) is 4.79 Å². The number of hydrogen-bond donors (Lipinski definition) is 3. The summed E-state index contributed by atoms with van der Waals surface area (Å²) in [6.07, 6.45) is 0.890.